The molecule has 0 bridgehead atoms. The van der Waals surface area contributed by atoms with E-state index in [0.29, 0.717) is 17.5 Å². The van der Waals surface area contributed by atoms with Crippen LogP contribution in [-0.2, 0) is 4.79 Å². The molecular weight excluding hydrogens is 330 g/mol. The van der Waals surface area contributed by atoms with E-state index < -0.39 is 0 Å². The lowest BCUT2D eigenvalue weighted by Crippen LogP contribution is -2.38. The molecule has 0 atom stereocenters. The van der Waals surface area contributed by atoms with Gasteiger partial charge in [0.05, 0.1) is 12.8 Å². The minimum absolute atomic E-state index is 0.0273. The molecule has 1 aromatic heterocycles. The molecule has 4 rings (SSSR count). The van der Waals surface area contributed by atoms with Gasteiger partial charge >= 0.3 is 0 Å². The number of aromatic nitrogens is 1. The van der Waals surface area contributed by atoms with Crippen LogP contribution < -0.4 is 15.0 Å². The van der Waals surface area contributed by atoms with Crippen LogP contribution in [0.1, 0.15) is 12.8 Å². The Labute approximate surface area is 151 Å². The Balaban J connectivity index is 1.39. The van der Waals surface area contributed by atoms with Crippen LogP contribution in [0.2, 0.25) is 0 Å². The number of benzene rings is 2. The number of piperidine rings is 1. The average molecular weight is 351 g/mol. The van der Waals surface area contributed by atoms with Crippen molar-refractivity contribution in [1.82, 2.24) is 4.98 Å². The fourth-order valence-corrected chi connectivity index (χ4v) is 3.31. The molecule has 0 aliphatic carbocycles. The summed E-state index contributed by atoms with van der Waals surface area (Å²) in [6.07, 6.45) is 1.53. The quantitative estimate of drug-likeness (QED) is 0.776. The van der Waals surface area contributed by atoms with E-state index in [-0.39, 0.29) is 11.8 Å². The summed E-state index contributed by atoms with van der Waals surface area (Å²) in [7, 11) is 1.60. The molecular formula is C20H21N3O3. The van der Waals surface area contributed by atoms with Gasteiger partial charge in [0.2, 0.25) is 5.91 Å². The van der Waals surface area contributed by atoms with E-state index in [1.807, 2.05) is 48.5 Å². The van der Waals surface area contributed by atoms with Gasteiger partial charge in [-0.25, -0.2) is 0 Å². The van der Waals surface area contributed by atoms with Crippen LogP contribution in [0.5, 0.6) is 5.75 Å². The first-order valence-electron chi connectivity index (χ1n) is 8.79. The number of carbonyl (C=O) groups is 1. The molecule has 3 aromatic rings. The fourth-order valence-electron chi connectivity index (χ4n) is 3.31. The molecule has 1 saturated heterocycles. The Hall–Kier alpha value is -3.02. The summed E-state index contributed by atoms with van der Waals surface area (Å²) < 4.78 is 11.1. The number of hydrogen-bond donors (Lipinski definition) is 1. The summed E-state index contributed by atoms with van der Waals surface area (Å²) in [5, 5.41) is 2.99. The second kappa shape index (κ2) is 7.07. The van der Waals surface area contributed by atoms with Crippen molar-refractivity contribution in [2.24, 2.45) is 5.92 Å². The predicted octanol–water partition coefficient (Wildman–Crippen LogP) is 3.69. The summed E-state index contributed by atoms with van der Waals surface area (Å²) in [4.78, 5) is 19.2. The Morgan fingerprint density at radius 2 is 1.88 bits per heavy atom. The number of nitrogens with one attached hydrogen (secondary N) is 1. The largest absolute Gasteiger partial charge is 0.495 e. The lowest BCUT2D eigenvalue weighted by atomic mass is 9.96. The van der Waals surface area contributed by atoms with Crippen LogP contribution in [0, 0.1) is 5.92 Å². The number of methoxy groups -OCH3 is 1. The number of fused-ring (bicyclic) bond motifs is 1. The summed E-state index contributed by atoms with van der Waals surface area (Å²) >= 11 is 0. The van der Waals surface area contributed by atoms with Crippen molar-refractivity contribution >= 4 is 28.7 Å². The molecule has 1 aliphatic heterocycles. The molecule has 2 aromatic carbocycles. The first-order valence-corrected chi connectivity index (χ1v) is 8.79. The molecule has 134 valence electrons. The van der Waals surface area contributed by atoms with E-state index in [9.17, 15) is 4.79 Å². The topological polar surface area (TPSA) is 67.6 Å². The van der Waals surface area contributed by atoms with Crippen molar-refractivity contribution in [2.75, 3.05) is 30.4 Å². The molecule has 6 heteroatoms. The van der Waals surface area contributed by atoms with Gasteiger partial charge in [-0.15, -0.1) is 0 Å². The first kappa shape index (κ1) is 16.4. The van der Waals surface area contributed by atoms with Gasteiger partial charge in [-0.1, -0.05) is 24.3 Å². The number of anilines is 2. The Morgan fingerprint density at radius 1 is 1.15 bits per heavy atom. The SMILES string of the molecule is COc1ccccc1NC(=O)C1CCN(c2nc3ccccc3o2)CC1. The smallest absolute Gasteiger partial charge is 0.298 e. The number of rotatable bonds is 4. The van der Waals surface area contributed by atoms with Crippen LogP contribution in [0.4, 0.5) is 11.7 Å². The Kier molecular flexibility index (Phi) is 4.48. The highest BCUT2D eigenvalue weighted by molar-refractivity contribution is 5.94. The number of nitrogens with zero attached hydrogens (tertiary/aromatic N) is 2. The lowest BCUT2D eigenvalue weighted by Gasteiger charge is -2.30. The molecule has 1 aliphatic rings. The van der Waals surface area contributed by atoms with Crippen molar-refractivity contribution < 1.29 is 13.9 Å². The molecule has 26 heavy (non-hydrogen) atoms. The fraction of sp³-hybridized carbons (Fsp3) is 0.300. The average Bonchev–Trinajstić information content (AvgIpc) is 3.13. The second-order valence-corrected chi connectivity index (χ2v) is 6.42. The summed E-state index contributed by atoms with van der Waals surface area (Å²) in [5.74, 6) is 0.678. The zero-order valence-electron chi connectivity index (χ0n) is 14.6. The van der Waals surface area contributed by atoms with E-state index >= 15 is 0 Å². The van der Waals surface area contributed by atoms with Crippen LogP contribution in [0.15, 0.2) is 52.9 Å². The lowest BCUT2D eigenvalue weighted by molar-refractivity contribution is -0.120. The molecule has 2 heterocycles. The van der Waals surface area contributed by atoms with Gasteiger partial charge < -0.3 is 19.4 Å². The van der Waals surface area contributed by atoms with Gasteiger partial charge in [-0.3, -0.25) is 4.79 Å². The van der Waals surface area contributed by atoms with Gasteiger partial charge in [-0.05, 0) is 37.1 Å². The monoisotopic (exact) mass is 351 g/mol. The highest BCUT2D eigenvalue weighted by Crippen LogP contribution is 2.28. The zero-order chi connectivity index (χ0) is 17.9. The predicted molar refractivity (Wildman–Crippen MR) is 101 cm³/mol. The molecule has 0 saturated carbocycles. The van der Waals surface area contributed by atoms with Crippen molar-refractivity contribution in [1.29, 1.82) is 0 Å². The van der Waals surface area contributed by atoms with Crippen molar-refractivity contribution in [3.05, 3.63) is 48.5 Å². The van der Waals surface area contributed by atoms with Crippen LogP contribution in [-0.4, -0.2) is 31.1 Å². The summed E-state index contributed by atoms with van der Waals surface area (Å²) in [6, 6.07) is 15.8. The molecule has 1 amide bonds. The van der Waals surface area contributed by atoms with Crippen molar-refractivity contribution in [3.63, 3.8) is 0 Å². The van der Waals surface area contributed by atoms with E-state index in [4.69, 9.17) is 9.15 Å². The number of hydrogen-bond acceptors (Lipinski definition) is 5. The number of para-hydroxylation sites is 4. The number of oxazole rings is 1. The molecule has 1 fully saturated rings. The third-order valence-corrected chi connectivity index (χ3v) is 4.78. The molecule has 6 nitrogen and oxygen atoms in total. The zero-order valence-corrected chi connectivity index (χ0v) is 14.6. The normalized spacial score (nSPS) is 15.2. The molecule has 0 unspecified atom stereocenters. The second-order valence-electron chi connectivity index (χ2n) is 6.42. The van der Waals surface area contributed by atoms with Crippen LogP contribution in [0.25, 0.3) is 11.1 Å². The van der Waals surface area contributed by atoms with E-state index in [0.717, 1.165) is 37.0 Å². The highest BCUT2D eigenvalue weighted by atomic mass is 16.5. The Bertz CT molecular complexity index is 880. The standard InChI is InChI=1S/C20H21N3O3/c1-25-17-8-4-2-6-15(17)21-19(24)14-10-12-23(13-11-14)20-22-16-7-3-5-9-18(16)26-20/h2-9,14H,10-13H2,1H3,(H,21,24). The molecule has 0 spiro atoms. The maximum atomic E-state index is 12.6. The van der Waals surface area contributed by atoms with Gasteiger partial charge in [0.1, 0.15) is 11.3 Å². The van der Waals surface area contributed by atoms with Gasteiger partial charge in [-0.2, -0.15) is 4.98 Å². The van der Waals surface area contributed by atoms with Crippen LogP contribution >= 0.6 is 0 Å². The molecule has 1 N–H and O–H groups in total. The van der Waals surface area contributed by atoms with Gasteiger partial charge in [0.15, 0.2) is 5.58 Å². The van der Waals surface area contributed by atoms with E-state index in [2.05, 4.69) is 15.2 Å². The number of ether oxygens (including phenoxy) is 1. The van der Waals surface area contributed by atoms with Gasteiger partial charge in [0.25, 0.3) is 6.01 Å². The third-order valence-electron chi connectivity index (χ3n) is 4.78. The van der Waals surface area contributed by atoms with E-state index in [1.165, 1.54) is 0 Å². The van der Waals surface area contributed by atoms with Crippen molar-refractivity contribution in [2.45, 2.75) is 12.8 Å². The number of amides is 1. The van der Waals surface area contributed by atoms with Crippen molar-refractivity contribution in [3.8, 4) is 5.75 Å². The van der Waals surface area contributed by atoms with E-state index in [1.54, 1.807) is 7.11 Å². The minimum atomic E-state index is -0.0273. The highest BCUT2D eigenvalue weighted by Gasteiger charge is 2.27. The number of carbonyl (C=O) groups excluding carboxylic acids is 1. The minimum Gasteiger partial charge on any atom is -0.495 e. The third kappa shape index (κ3) is 3.22. The molecule has 0 radical (unpaired) electrons. The summed E-state index contributed by atoms with van der Waals surface area (Å²) in [5.41, 5.74) is 2.36. The maximum Gasteiger partial charge on any atom is 0.298 e. The Morgan fingerprint density at radius 3 is 2.65 bits per heavy atom. The maximum absolute atomic E-state index is 12.6. The van der Waals surface area contributed by atoms with Crippen LogP contribution in [0.3, 0.4) is 0 Å². The first-order chi connectivity index (χ1) is 12.7. The summed E-state index contributed by atoms with van der Waals surface area (Å²) in [6.45, 7) is 1.49. The van der Waals surface area contributed by atoms with Gasteiger partial charge in [0, 0.05) is 19.0 Å².